The Morgan fingerprint density at radius 1 is 1.32 bits per heavy atom. The van der Waals surface area contributed by atoms with Crippen molar-refractivity contribution in [2.24, 2.45) is 5.73 Å². The highest BCUT2D eigenvalue weighted by Crippen LogP contribution is 2.25. The Hall–Kier alpha value is -0.910. The summed E-state index contributed by atoms with van der Waals surface area (Å²) in [4.78, 5) is 0.336. The van der Waals surface area contributed by atoms with E-state index in [0.29, 0.717) is 4.90 Å². The van der Waals surface area contributed by atoms with E-state index in [2.05, 4.69) is 11.6 Å². The summed E-state index contributed by atoms with van der Waals surface area (Å²) in [5.41, 5.74) is 7.05. The van der Waals surface area contributed by atoms with Crippen LogP contribution in [-0.4, -0.2) is 20.5 Å². The summed E-state index contributed by atoms with van der Waals surface area (Å²) in [7, 11) is -3.35. The summed E-state index contributed by atoms with van der Waals surface area (Å²) < 4.78 is 26.7. The van der Waals surface area contributed by atoms with Crippen LogP contribution in [0.3, 0.4) is 0 Å². The standard InChI is InChI=1S/C14H22N2O2S/c1-3-14(10(2)15)11-4-8-13(9-5-11)19(17,18)16-12-6-7-12/h4-5,8-10,12,14,16H,3,6-7,15H2,1-2H3. The molecular formula is C14H22N2O2S. The molecule has 0 aliphatic heterocycles. The van der Waals surface area contributed by atoms with Gasteiger partial charge in [-0.15, -0.1) is 0 Å². The maximum Gasteiger partial charge on any atom is 0.240 e. The lowest BCUT2D eigenvalue weighted by Gasteiger charge is -2.19. The van der Waals surface area contributed by atoms with Crippen LogP contribution in [0.4, 0.5) is 0 Å². The maximum atomic E-state index is 12.0. The minimum atomic E-state index is -3.35. The smallest absolute Gasteiger partial charge is 0.240 e. The third-order valence-electron chi connectivity index (χ3n) is 3.59. The Morgan fingerprint density at radius 3 is 2.32 bits per heavy atom. The van der Waals surface area contributed by atoms with Crippen molar-refractivity contribution < 1.29 is 8.42 Å². The summed E-state index contributed by atoms with van der Waals surface area (Å²) in [5.74, 6) is 0.271. The molecule has 0 amide bonds. The molecule has 19 heavy (non-hydrogen) atoms. The van der Waals surface area contributed by atoms with Crippen molar-refractivity contribution in [1.29, 1.82) is 0 Å². The minimum Gasteiger partial charge on any atom is -0.327 e. The SMILES string of the molecule is CCC(c1ccc(S(=O)(=O)NC2CC2)cc1)C(C)N. The van der Waals surface area contributed by atoms with Crippen LogP contribution in [0.25, 0.3) is 0 Å². The summed E-state index contributed by atoms with van der Waals surface area (Å²) in [6, 6.07) is 7.29. The summed E-state index contributed by atoms with van der Waals surface area (Å²) in [6.07, 6.45) is 2.84. The van der Waals surface area contributed by atoms with Crippen molar-refractivity contribution in [1.82, 2.24) is 4.72 Å². The molecule has 0 aromatic heterocycles. The van der Waals surface area contributed by atoms with Crippen LogP contribution in [0, 0.1) is 0 Å². The van der Waals surface area contributed by atoms with Crippen LogP contribution >= 0.6 is 0 Å². The van der Waals surface area contributed by atoms with Gasteiger partial charge in [0, 0.05) is 12.1 Å². The van der Waals surface area contributed by atoms with Gasteiger partial charge in [0.2, 0.25) is 10.0 Å². The molecule has 1 aliphatic carbocycles. The van der Waals surface area contributed by atoms with E-state index < -0.39 is 10.0 Å². The number of hydrogen-bond acceptors (Lipinski definition) is 3. The predicted octanol–water partition coefficient (Wildman–Crippen LogP) is 1.97. The lowest BCUT2D eigenvalue weighted by Crippen LogP contribution is -2.26. The molecule has 3 N–H and O–H groups in total. The molecule has 0 heterocycles. The number of nitrogens with one attached hydrogen (secondary N) is 1. The molecule has 2 unspecified atom stereocenters. The average Bonchev–Trinajstić information content (AvgIpc) is 3.13. The van der Waals surface area contributed by atoms with Crippen molar-refractivity contribution in [2.45, 2.75) is 56.0 Å². The highest BCUT2D eigenvalue weighted by molar-refractivity contribution is 7.89. The summed E-state index contributed by atoms with van der Waals surface area (Å²) in [5, 5.41) is 0. The quantitative estimate of drug-likeness (QED) is 0.838. The van der Waals surface area contributed by atoms with Gasteiger partial charge in [-0.25, -0.2) is 13.1 Å². The molecule has 0 spiro atoms. The monoisotopic (exact) mass is 282 g/mol. The largest absolute Gasteiger partial charge is 0.327 e. The summed E-state index contributed by atoms with van der Waals surface area (Å²) in [6.45, 7) is 4.07. The van der Waals surface area contributed by atoms with Crippen molar-refractivity contribution in [3.63, 3.8) is 0 Å². The van der Waals surface area contributed by atoms with Gasteiger partial charge < -0.3 is 5.73 Å². The lowest BCUT2D eigenvalue weighted by atomic mass is 9.91. The molecule has 1 aliphatic rings. The number of benzene rings is 1. The fraction of sp³-hybridized carbons (Fsp3) is 0.571. The van der Waals surface area contributed by atoms with E-state index in [0.717, 1.165) is 24.8 Å². The number of sulfonamides is 1. The fourth-order valence-corrected chi connectivity index (χ4v) is 3.60. The van der Waals surface area contributed by atoms with Gasteiger partial charge in [0.1, 0.15) is 0 Å². The predicted molar refractivity (Wildman–Crippen MR) is 76.5 cm³/mol. The normalized spacial score (nSPS) is 19.1. The topological polar surface area (TPSA) is 72.2 Å². The zero-order valence-corrected chi connectivity index (χ0v) is 12.3. The van der Waals surface area contributed by atoms with E-state index in [-0.39, 0.29) is 18.0 Å². The van der Waals surface area contributed by atoms with Crippen LogP contribution in [0.15, 0.2) is 29.2 Å². The average molecular weight is 282 g/mol. The second-order valence-corrected chi connectivity index (χ2v) is 7.05. The van der Waals surface area contributed by atoms with Crippen LogP contribution in [0.5, 0.6) is 0 Å². The molecule has 0 bridgehead atoms. The number of hydrogen-bond donors (Lipinski definition) is 2. The molecule has 106 valence electrons. The van der Waals surface area contributed by atoms with E-state index >= 15 is 0 Å². The number of rotatable bonds is 6. The first-order valence-electron chi connectivity index (χ1n) is 6.82. The van der Waals surface area contributed by atoms with Gasteiger partial charge in [-0.05, 0) is 49.8 Å². The highest BCUT2D eigenvalue weighted by Gasteiger charge is 2.28. The third kappa shape index (κ3) is 3.55. The third-order valence-corrected chi connectivity index (χ3v) is 5.13. The van der Waals surface area contributed by atoms with Crippen LogP contribution in [0.1, 0.15) is 44.6 Å². The van der Waals surface area contributed by atoms with E-state index in [9.17, 15) is 8.42 Å². The van der Waals surface area contributed by atoms with Gasteiger partial charge in [0.05, 0.1) is 4.90 Å². The first kappa shape index (κ1) is 14.5. The zero-order chi connectivity index (χ0) is 14.0. The first-order chi connectivity index (χ1) is 8.94. The molecular weight excluding hydrogens is 260 g/mol. The molecule has 0 saturated heterocycles. The second kappa shape index (κ2) is 5.61. The second-order valence-electron chi connectivity index (χ2n) is 5.34. The molecule has 1 aromatic rings. The summed E-state index contributed by atoms with van der Waals surface area (Å²) >= 11 is 0. The van der Waals surface area contributed by atoms with E-state index in [1.165, 1.54) is 0 Å². The molecule has 0 radical (unpaired) electrons. The Kier molecular flexibility index (Phi) is 4.28. The van der Waals surface area contributed by atoms with E-state index in [4.69, 9.17) is 5.73 Å². The molecule has 5 heteroatoms. The zero-order valence-electron chi connectivity index (χ0n) is 11.5. The molecule has 4 nitrogen and oxygen atoms in total. The van der Waals surface area contributed by atoms with E-state index in [1.54, 1.807) is 12.1 Å². The maximum absolute atomic E-state index is 12.0. The first-order valence-corrected chi connectivity index (χ1v) is 8.30. The molecule has 1 saturated carbocycles. The van der Waals surface area contributed by atoms with Crippen LogP contribution < -0.4 is 10.5 Å². The van der Waals surface area contributed by atoms with Crippen molar-refractivity contribution >= 4 is 10.0 Å². The lowest BCUT2D eigenvalue weighted by molar-refractivity contribution is 0.552. The van der Waals surface area contributed by atoms with Gasteiger partial charge >= 0.3 is 0 Å². The fourth-order valence-electron chi connectivity index (χ4n) is 2.29. The van der Waals surface area contributed by atoms with Crippen molar-refractivity contribution in [2.75, 3.05) is 0 Å². The Bertz CT molecular complexity index is 519. The van der Waals surface area contributed by atoms with Crippen molar-refractivity contribution in [3.8, 4) is 0 Å². The molecule has 1 fully saturated rings. The Labute approximate surface area is 115 Å². The molecule has 2 atom stereocenters. The van der Waals surface area contributed by atoms with Crippen LogP contribution in [-0.2, 0) is 10.0 Å². The minimum absolute atomic E-state index is 0.0667. The van der Waals surface area contributed by atoms with Gasteiger partial charge in [-0.3, -0.25) is 0 Å². The van der Waals surface area contributed by atoms with Gasteiger partial charge in [0.15, 0.2) is 0 Å². The Morgan fingerprint density at radius 2 is 1.89 bits per heavy atom. The highest BCUT2D eigenvalue weighted by atomic mass is 32.2. The number of nitrogens with two attached hydrogens (primary N) is 1. The van der Waals surface area contributed by atoms with Crippen LogP contribution in [0.2, 0.25) is 0 Å². The van der Waals surface area contributed by atoms with E-state index in [1.807, 2.05) is 19.1 Å². The van der Waals surface area contributed by atoms with Gasteiger partial charge in [-0.1, -0.05) is 19.1 Å². The van der Waals surface area contributed by atoms with Gasteiger partial charge in [-0.2, -0.15) is 0 Å². The van der Waals surface area contributed by atoms with Crippen molar-refractivity contribution in [3.05, 3.63) is 29.8 Å². The molecule has 2 rings (SSSR count). The Balaban J connectivity index is 2.17. The van der Waals surface area contributed by atoms with Gasteiger partial charge in [0.25, 0.3) is 0 Å². The molecule has 1 aromatic carbocycles.